The number of esters is 1. The Morgan fingerprint density at radius 2 is 2.21 bits per heavy atom. The van der Waals surface area contributed by atoms with Crippen LogP contribution < -0.4 is 10.6 Å². The number of nitrogen functional groups attached to an aromatic ring is 1. The molecule has 1 aliphatic rings. The Bertz CT molecular complexity index is 455. The lowest BCUT2D eigenvalue weighted by Crippen LogP contribution is -2.33. The summed E-state index contributed by atoms with van der Waals surface area (Å²) in [6.45, 7) is 3.99. The van der Waals surface area contributed by atoms with Crippen molar-refractivity contribution in [1.82, 2.24) is 0 Å². The van der Waals surface area contributed by atoms with Crippen LogP contribution >= 0.6 is 0 Å². The standard InChI is InChI=1S/C15H22N2O2/c1-3-17(10-11-5-4-6-11)14-8-7-12(16)9-13(14)15(18)19-2/h7-9,11H,3-6,10,16H2,1-2H3. The van der Waals surface area contributed by atoms with Crippen LogP contribution in [-0.2, 0) is 4.74 Å². The molecule has 1 aliphatic carbocycles. The SMILES string of the molecule is CCN(CC1CCC1)c1ccc(N)cc1C(=O)OC. The van der Waals surface area contributed by atoms with Crippen molar-refractivity contribution in [2.24, 2.45) is 5.92 Å². The molecule has 2 rings (SSSR count). The summed E-state index contributed by atoms with van der Waals surface area (Å²) in [7, 11) is 1.40. The van der Waals surface area contributed by atoms with E-state index >= 15 is 0 Å². The molecule has 19 heavy (non-hydrogen) atoms. The minimum atomic E-state index is -0.325. The van der Waals surface area contributed by atoms with E-state index in [4.69, 9.17) is 10.5 Å². The van der Waals surface area contributed by atoms with Gasteiger partial charge in [0.25, 0.3) is 0 Å². The van der Waals surface area contributed by atoms with E-state index < -0.39 is 0 Å². The van der Waals surface area contributed by atoms with Gasteiger partial charge in [-0.1, -0.05) is 6.42 Å². The number of hydrogen-bond donors (Lipinski definition) is 1. The number of carbonyl (C=O) groups is 1. The van der Waals surface area contributed by atoms with Gasteiger partial charge in [-0.25, -0.2) is 4.79 Å². The number of anilines is 2. The number of carbonyl (C=O) groups excluding carboxylic acids is 1. The molecule has 0 saturated heterocycles. The molecule has 1 aromatic rings. The second-order valence-corrected chi connectivity index (χ2v) is 5.10. The van der Waals surface area contributed by atoms with Crippen LogP contribution in [0, 0.1) is 5.92 Å². The molecule has 4 heteroatoms. The summed E-state index contributed by atoms with van der Waals surface area (Å²) >= 11 is 0. The van der Waals surface area contributed by atoms with E-state index in [0.717, 1.165) is 24.7 Å². The van der Waals surface area contributed by atoms with Crippen molar-refractivity contribution >= 4 is 17.3 Å². The minimum Gasteiger partial charge on any atom is -0.465 e. The summed E-state index contributed by atoms with van der Waals surface area (Å²) < 4.78 is 4.85. The first-order valence-corrected chi connectivity index (χ1v) is 6.88. The van der Waals surface area contributed by atoms with Crippen LogP contribution in [0.15, 0.2) is 18.2 Å². The molecule has 0 atom stereocenters. The second-order valence-electron chi connectivity index (χ2n) is 5.10. The van der Waals surface area contributed by atoms with Crippen LogP contribution in [0.1, 0.15) is 36.5 Å². The maximum absolute atomic E-state index is 11.9. The molecule has 1 saturated carbocycles. The molecule has 0 unspecified atom stereocenters. The van der Waals surface area contributed by atoms with Gasteiger partial charge in [0.05, 0.1) is 18.4 Å². The lowest BCUT2D eigenvalue weighted by molar-refractivity contribution is 0.0601. The molecule has 1 aromatic carbocycles. The first-order valence-electron chi connectivity index (χ1n) is 6.88. The van der Waals surface area contributed by atoms with Gasteiger partial charge in [0, 0.05) is 18.8 Å². The zero-order chi connectivity index (χ0) is 13.8. The van der Waals surface area contributed by atoms with Gasteiger partial charge in [-0.3, -0.25) is 0 Å². The summed E-state index contributed by atoms with van der Waals surface area (Å²) in [5.41, 5.74) is 7.85. The Labute approximate surface area is 114 Å². The number of ether oxygens (including phenoxy) is 1. The summed E-state index contributed by atoms with van der Waals surface area (Å²) in [5, 5.41) is 0. The van der Waals surface area contributed by atoms with Crippen LogP contribution in [0.3, 0.4) is 0 Å². The van der Waals surface area contributed by atoms with Gasteiger partial charge in [-0.2, -0.15) is 0 Å². The highest BCUT2D eigenvalue weighted by molar-refractivity contribution is 5.97. The lowest BCUT2D eigenvalue weighted by atomic mass is 9.85. The predicted molar refractivity (Wildman–Crippen MR) is 77.4 cm³/mol. The Balaban J connectivity index is 2.26. The Morgan fingerprint density at radius 1 is 1.47 bits per heavy atom. The first-order chi connectivity index (χ1) is 9.15. The zero-order valence-electron chi connectivity index (χ0n) is 11.7. The first kappa shape index (κ1) is 13.7. The smallest absolute Gasteiger partial charge is 0.340 e. The number of methoxy groups -OCH3 is 1. The van der Waals surface area contributed by atoms with Crippen molar-refractivity contribution in [2.75, 3.05) is 30.8 Å². The minimum absolute atomic E-state index is 0.325. The fourth-order valence-corrected chi connectivity index (χ4v) is 2.49. The largest absolute Gasteiger partial charge is 0.465 e. The number of rotatable bonds is 5. The molecule has 2 N–H and O–H groups in total. The van der Waals surface area contributed by atoms with Gasteiger partial charge in [0.15, 0.2) is 0 Å². The molecule has 4 nitrogen and oxygen atoms in total. The van der Waals surface area contributed by atoms with E-state index in [0.29, 0.717) is 11.3 Å². The van der Waals surface area contributed by atoms with E-state index in [-0.39, 0.29) is 5.97 Å². The average molecular weight is 262 g/mol. The third-order valence-electron chi connectivity index (χ3n) is 3.85. The van der Waals surface area contributed by atoms with Crippen molar-refractivity contribution in [3.05, 3.63) is 23.8 Å². The molecule has 0 aromatic heterocycles. The molecule has 0 bridgehead atoms. The summed E-state index contributed by atoms with van der Waals surface area (Å²) in [6, 6.07) is 5.46. The van der Waals surface area contributed by atoms with Crippen LogP contribution in [0.5, 0.6) is 0 Å². The van der Waals surface area contributed by atoms with E-state index in [2.05, 4.69) is 11.8 Å². The van der Waals surface area contributed by atoms with E-state index in [1.54, 1.807) is 6.07 Å². The van der Waals surface area contributed by atoms with Gasteiger partial charge in [-0.15, -0.1) is 0 Å². The average Bonchev–Trinajstić information content (AvgIpc) is 2.37. The molecule has 104 valence electrons. The van der Waals surface area contributed by atoms with E-state index in [1.807, 2.05) is 12.1 Å². The molecule has 0 spiro atoms. The monoisotopic (exact) mass is 262 g/mol. The van der Waals surface area contributed by atoms with Gasteiger partial charge >= 0.3 is 5.97 Å². The Hall–Kier alpha value is -1.71. The summed E-state index contributed by atoms with van der Waals surface area (Å²) in [5.74, 6) is 0.428. The summed E-state index contributed by atoms with van der Waals surface area (Å²) in [6.07, 6.45) is 3.91. The number of nitrogens with two attached hydrogens (primary N) is 1. The number of benzene rings is 1. The van der Waals surface area contributed by atoms with Crippen LogP contribution in [0.4, 0.5) is 11.4 Å². The zero-order valence-corrected chi connectivity index (χ0v) is 11.7. The fourth-order valence-electron chi connectivity index (χ4n) is 2.49. The van der Waals surface area contributed by atoms with Crippen molar-refractivity contribution in [3.63, 3.8) is 0 Å². The Morgan fingerprint density at radius 3 is 2.74 bits per heavy atom. The van der Waals surface area contributed by atoms with Crippen molar-refractivity contribution < 1.29 is 9.53 Å². The number of nitrogens with zero attached hydrogens (tertiary/aromatic N) is 1. The predicted octanol–water partition coefficient (Wildman–Crippen LogP) is 2.68. The van der Waals surface area contributed by atoms with Crippen LogP contribution in [-0.4, -0.2) is 26.2 Å². The van der Waals surface area contributed by atoms with Crippen LogP contribution in [0.2, 0.25) is 0 Å². The third-order valence-corrected chi connectivity index (χ3v) is 3.85. The maximum Gasteiger partial charge on any atom is 0.340 e. The second kappa shape index (κ2) is 5.95. The molecule has 1 fully saturated rings. The third kappa shape index (κ3) is 3.00. The Kier molecular flexibility index (Phi) is 4.30. The highest BCUT2D eigenvalue weighted by Crippen LogP contribution is 2.31. The topological polar surface area (TPSA) is 55.6 Å². The maximum atomic E-state index is 11.9. The molecule has 0 radical (unpaired) electrons. The van der Waals surface area contributed by atoms with Gasteiger partial charge in [0.2, 0.25) is 0 Å². The fraction of sp³-hybridized carbons (Fsp3) is 0.533. The summed E-state index contributed by atoms with van der Waals surface area (Å²) in [4.78, 5) is 14.1. The van der Waals surface area contributed by atoms with E-state index in [9.17, 15) is 4.79 Å². The van der Waals surface area contributed by atoms with Crippen LogP contribution in [0.25, 0.3) is 0 Å². The van der Waals surface area contributed by atoms with Gasteiger partial charge in [0.1, 0.15) is 0 Å². The number of hydrogen-bond acceptors (Lipinski definition) is 4. The quantitative estimate of drug-likeness (QED) is 0.654. The van der Waals surface area contributed by atoms with Crippen molar-refractivity contribution in [1.29, 1.82) is 0 Å². The highest BCUT2D eigenvalue weighted by atomic mass is 16.5. The lowest BCUT2D eigenvalue weighted by Gasteiger charge is -2.34. The normalized spacial score (nSPS) is 14.8. The van der Waals surface area contributed by atoms with Gasteiger partial charge in [-0.05, 0) is 43.9 Å². The molecule has 0 aliphatic heterocycles. The van der Waals surface area contributed by atoms with Crippen molar-refractivity contribution in [2.45, 2.75) is 26.2 Å². The molecule has 0 amide bonds. The highest BCUT2D eigenvalue weighted by Gasteiger charge is 2.23. The van der Waals surface area contributed by atoms with Crippen molar-refractivity contribution in [3.8, 4) is 0 Å². The molecular formula is C15H22N2O2. The molecular weight excluding hydrogens is 240 g/mol. The molecule has 0 heterocycles. The van der Waals surface area contributed by atoms with Gasteiger partial charge < -0.3 is 15.4 Å². The van der Waals surface area contributed by atoms with E-state index in [1.165, 1.54) is 26.4 Å².